The van der Waals surface area contributed by atoms with Crippen molar-refractivity contribution in [1.29, 1.82) is 0 Å². The summed E-state index contributed by atoms with van der Waals surface area (Å²) in [5.74, 6) is 0.738. The molecule has 0 aliphatic carbocycles. The zero-order valence-electron chi connectivity index (χ0n) is 10.2. The second kappa shape index (κ2) is 5.75. The molecule has 2 saturated heterocycles. The molecule has 2 heterocycles. The Kier molecular flexibility index (Phi) is 4.32. The highest BCUT2D eigenvalue weighted by molar-refractivity contribution is 5.83. The van der Waals surface area contributed by atoms with Crippen molar-refractivity contribution in [1.82, 2.24) is 15.1 Å². The largest absolute Gasteiger partial charge is 0.314 e. The fourth-order valence-electron chi connectivity index (χ4n) is 2.65. The number of carbonyl (C=O) groups excluding carboxylic acids is 1. The van der Waals surface area contributed by atoms with Crippen LogP contribution in [0.15, 0.2) is 0 Å². The summed E-state index contributed by atoms with van der Waals surface area (Å²) in [6.07, 6.45) is 2.27. The predicted octanol–water partition coefficient (Wildman–Crippen LogP) is -0.197. The Hall–Kier alpha value is -0.450. The van der Waals surface area contributed by atoms with Crippen LogP contribution >= 0.6 is 0 Å². The second-order valence-electron chi connectivity index (χ2n) is 5.09. The van der Waals surface area contributed by atoms with Gasteiger partial charge in [0.05, 0.1) is 6.54 Å². The molecule has 0 radical (unpaired) electrons. The first kappa shape index (κ1) is 12.0. The molecule has 16 heavy (non-hydrogen) atoms. The van der Waals surface area contributed by atoms with Crippen LogP contribution in [0.1, 0.15) is 12.8 Å². The molecule has 1 atom stereocenters. The smallest absolute Gasteiger partial charge is 0.151 e. The molecule has 2 fully saturated rings. The molecular weight excluding hydrogens is 202 g/mol. The minimum atomic E-state index is 0.286. The van der Waals surface area contributed by atoms with Gasteiger partial charge >= 0.3 is 0 Å². The predicted molar refractivity (Wildman–Crippen MR) is 64.5 cm³/mol. The fourth-order valence-corrected chi connectivity index (χ4v) is 2.65. The summed E-state index contributed by atoms with van der Waals surface area (Å²) in [4.78, 5) is 16.7. The SMILES string of the molecule is CN1CCCC(C(=O)CN2CCNCC2)C1. The zero-order chi connectivity index (χ0) is 11.4. The van der Waals surface area contributed by atoms with E-state index < -0.39 is 0 Å². The molecular formula is C12H23N3O. The van der Waals surface area contributed by atoms with E-state index in [9.17, 15) is 4.79 Å². The van der Waals surface area contributed by atoms with Gasteiger partial charge in [-0.3, -0.25) is 9.69 Å². The van der Waals surface area contributed by atoms with Crippen LogP contribution < -0.4 is 5.32 Å². The van der Waals surface area contributed by atoms with Crippen LogP contribution in [0.25, 0.3) is 0 Å². The van der Waals surface area contributed by atoms with E-state index >= 15 is 0 Å². The minimum absolute atomic E-state index is 0.286. The van der Waals surface area contributed by atoms with Crippen LogP contribution in [-0.2, 0) is 4.79 Å². The first-order valence-corrected chi connectivity index (χ1v) is 6.40. The highest BCUT2D eigenvalue weighted by Crippen LogP contribution is 2.16. The van der Waals surface area contributed by atoms with E-state index in [1.54, 1.807) is 0 Å². The molecule has 0 spiro atoms. The zero-order valence-corrected chi connectivity index (χ0v) is 10.2. The van der Waals surface area contributed by atoms with E-state index in [2.05, 4.69) is 22.2 Å². The van der Waals surface area contributed by atoms with Crippen LogP contribution in [0.3, 0.4) is 0 Å². The van der Waals surface area contributed by atoms with Crippen molar-refractivity contribution < 1.29 is 4.79 Å². The van der Waals surface area contributed by atoms with Gasteiger partial charge in [-0.1, -0.05) is 0 Å². The highest BCUT2D eigenvalue weighted by atomic mass is 16.1. The molecule has 0 aromatic heterocycles. The summed E-state index contributed by atoms with van der Waals surface area (Å²) in [5.41, 5.74) is 0. The van der Waals surface area contributed by atoms with Gasteiger partial charge in [0.1, 0.15) is 0 Å². The molecule has 2 aliphatic heterocycles. The monoisotopic (exact) mass is 225 g/mol. The van der Waals surface area contributed by atoms with Crippen molar-refractivity contribution >= 4 is 5.78 Å². The summed E-state index contributed by atoms with van der Waals surface area (Å²) < 4.78 is 0. The lowest BCUT2D eigenvalue weighted by molar-refractivity contribution is -0.125. The summed E-state index contributed by atoms with van der Waals surface area (Å²) in [5, 5.41) is 3.31. The molecule has 0 saturated carbocycles. The van der Waals surface area contributed by atoms with E-state index in [1.807, 2.05) is 0 Å². The fraction of sp³-hybridized carbons (Fsp3) is 0.917. The number of piperidine rings is 1. The molecule has 1 unspecified atom stereocenters. The maximum Gasteiger partial charge on any atom is 0.151 e. The van der Waals surface area contributed by atoms with E-state index in [0.29, 0.717) is 12.3 Å². The van der Waals surface area contributed by atoms with E-state index in [-0.39, 0.29) is 5.92 Å². The first-order valence-electron chi connectivity index (χ1n) is 6.40. The van der Waals surface area contributed by atoms with Crippen molar-refractivity contribution in [2.45, 2.75) is 12.8 Å². The van der Waals surface area contributed by atoms with Gasteiger partial charge < -0.3 is 10.2 Å². The molecule has 0 bridgehead atoms. The van der Waals surface area contributed by atoms with Crippen molar-refractivity contribution in [3.05, 3.63) is 0 Å². The molecule has 0 aromatic rings. The number of likely N-dealkylation sites (tertiary alicyclic amines) is 1. The van der Waals surface area contributed by atoms with Crippen LogP contribution in [0.5, 0.6) is 0 Å². The normalized spacial score (nSPS) is 29.2. The van der Waals surface area contributed by atoms with Gasteiger partial charge in [-0.05, 0) is 26.4 Å². The van der Waals surface area contributed by atoms with Crippen LogP contribution in [0.4, 0.5) is 0 Å². The lowest BCUT2D eigenvalue weighted by Crippen LogP contribution is -2.47. The van der Waals surface area contributed by atoms with Crippen molar-refractivity contribution in [2.75, 3.05) is 52.9 Å². The van der Waals surface area contributed by atoms with Crippen LogP contribution in [-0.4, -0.2) is 68.4 Å². The number of carbonyl (C=O) groups is 1. The Labute approximate surface area is 98.0 Å². The van der Waals surface area contributed by atoms with Gasteiger partial charge in [-0.15, -0.1) is 0 Å². The van der Waals surface area contributed by atoms with Crippen LogP contribution in [0.2, 0.25) is 0 Å². The highest BCUT2D eigenvalue weighted by Gasteiger charge is 2.25. The van der Waals surface area contributed by atoms with E-state index in [0.717, 1.165) is 45.7 Å². The number of nitrogens with zero attached hydrogens (tertiary/aromatic N) is 2. The van der Waals surface area contributed by atoms with E-state index in [1.165, 1.54) is 6.42 Å². The summed E-state index contributed by atoms with van der Waals surface area (Å²) in [6.45, 7) is 6.88. The van der Waals surface area contributed by atoms with Gasteiger partial charge in [0.15, 0.2) is 5.78 Å². The Balaban J connectivity index is 1.77. The van der Waals surface area contributed by atoms with Gasteiger partial charge in [-0.25, -0.2) is 0 Å². The average molecular weight is 225 g/mol. The van der Waals surface area contributed by atoms with E-state index in [4.69, 9.17) is 0 Å². The average Bonchev–Trinajstić information content (AvgIpc) is 2.30. The minimum Gasteiger partial charge on any atom is -0.314 e. The number of hydrogen-bond donors (Lipinski definition) is 1. The Morgan fingerprint density at radius 1 is 1.31 bits per heavy atom. The number of rotatable bonds is 3. The summed E-state index contributed by atoms with van der Waals surface area (Å²) in [7, 11) is 2.12. The van der Waals surface area contributed by atoms with Crippen LogP contribution in [0, 0.1) is 5.92 Å². The number of piperazine rings is 1. The third-order valence-electron chi connectivity index (χ3n) is 3.67. The van der Waals surface area contributed by atoms with Crippen molar-refractivity contribution in [3.8, 4) is 0 Å². The molecule has 4 heteroatoms. The second-order valence-corrected chi connectivity index (χ2v) is 5.09. The molecule has 1 N–H and O–H groups in total. The Morgan fingerprint density at radius 3 is 2.75 bits per heavy atom. The molecule has 0 amide bonds. The maximum absolute atomic E-state index is 12.1. The van der Waals surface area contributed by atoms with Gasteiger partial charge in [0.25, 0.3) is 0 Å². The quantitative estimate of drug-likeness (QED) is 0.722. The lowest BCUT2D eigenvalue weighted by atomic mass is 9.94. The maximum atomic E-state index is 12.1. The summed E-state index contributed by atoms with van der Waals surface area (Å²) >= 11 is 0. The molecule has 0 aromatic carbocycles. The third kappa shape index (κ3) is 3.27. The van der Waals surface area contributed by atoms with Crippen molar-refractivity contribution in [2.24, 2.45) is 5.92 Å². The molecule has 92 valence electrons. The number of nitrogens with one attached hydrogen (secondary N) is 1. The summed E-state index contributed by atoms with van der Waals surface area (Å²) in [6, 6.07) is 0. The Bertz CT molecular complexity index is 238. The lowest BCUT2D eigenvalue weighted by Gasteiger charge is -2.32. The van der Waals surface area contributed by atoms with Gasteiger partial charge in [-0.2, -0.15) is 0 Å². The first-order chi connectivity index (χ1) is 7.75. The topological polar surface area (TPSA) is 35.6 Å². The standard InChI is InChI=1S/C12H23N3O/c1-14-6-2-3-11(9-14)12(16)10-15-7-4-13-5-8-15/h11,13H,2-10H2,1H3. The van der Waals surface area contributed by atoms with Gasteiger partial charge in [0, 0.05) is 38.6 Å². The third-order valence-corrected chi connectivity index (χ3v) is 3.67. The number of ketones is 1. The number of hydrogen-bond acceptors (Lipinski definition) is 4. The molecule has 4 nitrogen and oxygen atoms in total. The van der Waals surface area contributed by atoms with Crippen molar-refractivity contribution in [3.63, 3.8) is 0 Å². The Morgan fingerprint density at radius 2 is 2.06 bits per heavy atom. The van der Waals surface area contributed by atoms with Gasteiger partial charge in [0.2, 0.25) is 0 Å². The molecule has 2 rings (SSSR count). The number of Topliss-reactive ketones (excluding diaryl/α,β-unsaturated/α-hetero) is 1. The molecule has 2 aliphatic rings.